The molecule has 0 atom stereocenters. The lowest BCUT2D eigenvalue weighted by Crippen LogP contribution is -2.42. The molecule has 1 heterocycles. The third-order valence-corrected chi connectivity index (χ3v) is 2.83. The third-order valence-electron chi connectivity index (χ3n) is 2.83. The first kappa shape index (κ1) is 13.6. The molecule has 6 heteroatoms. The fraction of sp³-hybridized carbons (Fsp3) is 0.727. The van der Waals surface area contributed by atoms with Gasteiger partial charge in [0.1, 0.15) is 0 Å². The first-order valence-corrected chi connectivity index (χ1v) is 5.71. The van der Waals surface area contributed by atoms with Crippen LogP contribution in [-0.2, 0) is 14.4 Å². The van der Waals surface area contributed by atoms with E-state index in [1.54, 1.807) is 4.90 Å². The van der Waals surface area contributed by atoms with Gasteiger partial charge in [0.25, 0.3) is 0 Å². The van der Waals surface area contributed by atoms with Crippen LogP contribution in [0.5, 0.6) is 0 Å². The highest BCUT2D eigenvalue weighted by Crippen LogP contribution is 2.11. The zero-order chi connectivity index (χ0) is 13.0. The summed E-state index contributed by atoms with van der Waals surface area (Å²) in [4.78, 5) is 36.3. The number of aliphatic carboxylic acids is 1. The van der Waals surface area contributed by atoms with Crippen LogP contribution < -0.4 is 0 Å². The number of rotatable bonds is 6. The summed E-state index contributed by atoms with van der Waals surface area (Å²) in [6.45, 7) is 4.38. The zero-order valence-corrected chi connectivity index (χ0v) is 10.2. The zero-order valence-electron chi connectivity index (χ0n) is 10.2. The van der Waals surface area contributed by atoms with Gasteiger partial charge < -0.3 is 5.11 Å². The van der Waals surface area contributed by atoms with E-state index < -0.39 is 5.97 Å². The summed E-state index contributed by atoms with van der Waals surface area (Å²) in [5.74, 6) is -1.22. The minimum Gasteiger partial charge on any atom is -0.480 e. The van der Waals surface area contributed by atoms with E-state index in [2.05, 4.69) is 0 Å². The Morgan fingerprint density at radius 2 is 1.88 bits per heavy atom. The van der Waals surface area contributed by atoms with E-state index in [4.69, 9.17) is 5.11 Å². The number of hydrogen-bond donors (Lipinski definition) is 1. The molecule has 0 spiro atoms. The Morgan fingerprint density at radius 1 is 1.35 bits per heavy atom. The van der Waals surface area contributed by atoms with E-state index in [-0.39, 0.29) is 43.8 Å². The van der Waals surface area contributed by atoms with Crippen LogP contribution in [0.1, 0.15) is 26.7 Å². The van der Waals surface area contributed by atoms with Gasteiger partial charge in [-0.2, -0.15) is 0 Å². The van der Waals surface area contributed by atoms with Gasteiger partial charge in [-0.05, 0) is 13.8 Å². The van der Waals surface area contributed by atoms with Gasteiger partial charge in [-0.1, -0.05) is 0 Å². The van der Waals surface area contributed by atoms with Gasteiger partial charge in [0.05, 0.1) is 6.54 Å². The van der Waals surface area contributed by atoms with Gasteiger partial charge in [-0.25, -0.2) is 0 Å². The van der Waals surface area contributed by atoms with Crippen molar-refractivity contribution in [2.24, 2.45) is 0 Å². The first-order chi connectivity index (χ1) is 7.91. The lowest BCUT2D eigenvalue weighted by atomic mass is 10.3. The molecule has 0 aromatic heterocycles. The predicted molar refractivity (Wildman–Crippen MR) is 60.3 cm³/mol. The Labute approximate surface area is 100 Å². The second-order valence-corrected chi connectivity index (χ2v) is 4.40. The fourth-order valence-corrected chi connectivity index (χ4v) is 1.79. The number of carboxylic acid groups (broad SMARTS) is 1. The number of carbonyl (C=O) groups is 3. The molecule has 1 aliphatic rings. The fourth-order valence-electron chi connectivity index (χ4n) is 1.79. The molecule has 1 saturated heterocycles. The Morgan fingerprint density at radius 3 is 2.29 bits per heavy atom. The van der Waals surface area contributed by atoms with Crippen LogP contribution in [0, 0.1) is 0 Å². The van der Waals surface area contributed by atoms with Crippen LogP contribution in [0.4, 0.5) is 0 Å². The molecule has 0 aromatic carbocycles. The van der Waals surface area contributed by atoms with Crippen LogP contribution in [0.3, 0.4) is 0 Å². The molecule has 2 amide bonds. The smallest absolute Gasteiger partial charge is 0.317 e. The number of carboxylic acids is 1. The lowest BCUT2D eigenvalue weighted by molar-refractivity contribution is -0.139. The number of amides is 2. The normalized spacial score (nSPS) is 16.4. The monoisotopic (exact) mass is 242 g/mol. The second kappa shape index (κ2) is 5.77. The molecular weight excluding hydrogens is 224 g/mol. The number of imide groups is 1. The maximum Gasteiger partial charge on any atom is 0.317 e. The molecule has 0 unspecified atom stereocenters. The topological polar surface area (TPSA) is 77.9 Å². The Hall–Kier alpha value is -1.43. The van der Waals surface area contributed by atoms with Crippen molar-refractivity contribution < 1.29 is 19.5 Å². The van der Waals surface area contributed by atoms with Crippen LogP contribution >= 0.6 is 0 Å². The molecule has 1 N–H and O–H groups in total. The van der Waals surface area contributed by atoms with Gasteiger partial charge >= 0.3 is 5.97 Å². The summed E-state index contributed by atoms with van der Waals surface area (Å²) in [7, 11) is 0. The summed E-state index contributed by atoms with van der Waals surface area (Å²) in [6.07, 6.45) is 0.554. The van der Waals surface area contributed by atoms with Gasteiger partial charge in [0, 0.05) is 32.0 Å². The Bertz CT molecular complexity index is 311. The molecule has 1 rings (SSSR count). The van der Waals surface area contributed by atoms with E-state index in [1.807, 2.05) is 13.8 Å². The highest BCUT2D eigenvalue weighted by Gasteiger charge is 2.29. The molecule has 0 bridgehead atoms. The maximum absolute atomic E-state index is 11.4. The minimum absolute atomic E-state index is 0.0684. The Kier molecular flexibility index (Phi) is 4.62. The highest BCUT2D eigenvalue weighted by molar-refractivity contribution is 6.01. The minimum atomic E-state index is -0.905. The van der Waals surface area contributed by atoms with Gasteiger partial charge in [0.15, 0.2) is 0 Å². The van der Waals surface area contributed by atoms with E-state index in [1.165, 1.54) is 4.90 Å². The van der Waals surface area contributed by atoms with Crippen LogP contribution in [-0.4, -0.2) is 58.4 Å². The van der Waals surface area contributed by atoms with Crippen molar-refractivity contribution in [2.75, 3.05) is 19.6 Å². The van der Waals surface area contributed by atoms with Crippen LogP contribution in [0.25, 0.3) is 0 Å². The second-order valence-electron chi connectivity index (χ2n) is 4.40. The summed E-state index contributed by atoms with van der Waals surface area (Å²) in [6, 6.07) is 0.0684. The quantitative estimate of drug-likeness (QED) is 0.660. The average Bonchev–Trinajstić information content (AvgIpc) is 2.53. The lowest BCUT2D eigenvalue weighted by Gasteiger charge is -2.26. The number of carbonyl (C=O) groups excluding carboxylic acids is 2. The molecule has 0 aliphatic carbocycles. The van der Waals surface area contributed by atoms with Crippen LogP contribution in [0.2, 0.25) is 0 Å². The number of nitrogens with zero attached hydrogens (tertiary/aromatic N) is 2. The number of hydrogen-bond acceptors (Lipinski definition) is 4. The molecule has 0 aromatic rings. The van der Waals surface area contributed by atoms with Crippen molar-refractivity contribution in [1.29, 1.82) is 0 Å². The van der Waals surface area contributed by atoms with Crippen LogP contribution in [0.15, 0.2) is 0 Å². The summed E-state index contributed by atoms with van der Waals surface area (Å²) in [5.41, 5.74) is 0. The number of likely N-dealkylation sites (tertiary alicyclic amines) is 1. The molecular formula is C11H18N2O4. The summed E-state index contributed by atoms with van der Waals surface area (Å²) >= 11 is 0. The largest absolute Gasteiger partial charge is 0.480 e. The van der Waals surface area contributed by atoms with E-state index in [0.717, 1.165) is 0 Å². The average molecular weight is 242 g/mol. The van der Waals surface area contributed by atoms with Crippen molar-refractivity contribution in [2.45, 2.75) is 32.7 Å². The summed E-state index contributed by atoms with van der Waals surface area (Å²) in [5, 5.41) is 8.74. The maximum atomic E-state index is 11.4. The molecule has 6 nitrogen and oxygen atoms in total. The van der Waals surface area contributed by atoms with Crippen molar-refractivity contribution in [3.8, 4) is 0 Å². The standard InChI is InChI=1S/C11H18N2O4/c1-8(2)12(7-11(16)17)5-6-13-9(14)3-4-10(13)15/h8H,3-7H2,1-2H3,(H,16,17). The van der Waals surface area contributed by atoms with E-state index in [0.29, 0.717) is 6.54 Å². The molecule has 1 aliphatic heterocycles. The molecule has 0 radical (unpaired) electrons. The van der Waals surface area contributed by atoms with Crippen molar-refractivity contribution in [3.63, 3.8) is 0 Å². The van der Waals surface area contributed by atoms with E-state index >= 15 is 0 Å². The highest BCUT2D eigenvalue weighted by atomic mass is 16.4. The molecule has 17 heavy (non-hydrogen) atoms. The SMILES string of the molecule is CC(C)N(CCN1C(=O)CCC1=O)CC(=O)O. The van der Waals surface area contributed by atoms with Crippen molar-refractivity contribution in [3.05, 3.63) is 0 Å². The first-order valence-electron chi connectivity index (χ1n) is 5.71. The van der Waals surface area contributed by atoms with Gasteiger partial charge in [-0.15, -0.1) is 0 Å². The van der Waals surface area contributed by atoms with Crippen molar-refractivity contribution >= 4 is 17.8 Å². The van der Waals surface area contributed by atoms with E-state index in [9.17, 15) is 14.4 Å². The third kappa shape index (κ3) is 3.81. The van der Waals surface area contributed by atoms with Gasteiger partial charge in [-0.3, -0.25) is 24.2 Å². The molecule has 0 saturated carbocycles. The molecule has 1 fully saturated rings. The Balaban J connectivity index is 2.48. The molecule has 96 valence electrons. The van der Waals surface area contributed by atoms with Crippen molar-refractivity contribution in [1.82, 2.24) is 9.80 Å². The van der Waals surface area contributed by atoms with Gasteiger partial charge in [0.2, 0.25) is 11.8 Å². The summed E-state index contributed by atoms with van der Waals surface area (Å²) < 4.78 is 0. The predicted octanol–water partition coefficient (Wildman–Crippen LogP) is -0.0696.